The smallest absolute Gasteiger partial charge is 0.141 e. The molecule has 4 heterocycles. The highest BCUT2D eigenvalue weighted by Crippen LogP contribution is 2.39. The van der Waals surface area contributed by atoms with Crippen LogP contribution in [0.15, 0.2) is 60.5 Å². The minimum absolute atomic E-state index is 0.605. The van der Waals surface area contributed by atoms with E-state index in [0.717, 1.165) is 48.0 Å². The monoisotopic (exact) mass is 459 g/mol. The summed E-state index contributed by atoms with van der Waals surface area (Å²) in [6, 6.07) is 12.4. The van der Waals surface area contributed by atoms with E-state index in [2.05, 4.69) is 50.4 Å². The molecule has 0 saturated carbocycles. The van der Waals surface area contributed by atoms with Crippen molar-refractivity contribution in [3.05, 3.63) is 66.1 Å². The molecule has 0 bridgehead atoms. The molecule has 1 aromatic carbocycles. The van der Waals surface area contributed by atoms with Gasteiger partial charge in [0, 0.05) is 49.5 Å². The quantitative estimate of drug-likeness (QED) is 0.383. The summed E-state index contributed by atoms with van der Waals surface area (Å²) in [5.41, 5.74) is 3.62. The van der Waals surface area contributed by atoms with Crippen molar-refractivity contribution in [1.29, 1.82) is 0 Å². The van der Waals surface area contributed by atoms with E-state index in [1.165, 1.54) is 29.5 Å². The Labute approximate surface area is 198 Å². The van der Waals surface area contributed by atoms with E-state index in [0.29, 0.717) is 5.92 Å². The minimum atomic E-state index is 0.605. The number of rotatable bonds is 7. The predicted octanol–water partition coefficient (Wildman–Crippen LogP) is 5.11. The van der Waals surface area contributed by atoms with Crippen LogP contribution in [-0.2, 0) is 6.54 Å². The Balaban J connectivity index is 1.36. The van der Waals surface area contributed by atoms with Crippen LogP contribution in [0.3, 0.4) is 0 Å². The van der Waals surface area contributed by atoms with Crippen molar-refractivity contribution < 1.29 is 4.74 Å². The lowest BCUT2D eigenvalue weighted by Gasteiger charge is -2.35. The number of piperidine rings is 1. The molecule has 0 unspecified atom stereocenters. The van der Waals surface area contributed by atoms with Crippen LogP contribution in [0.4, 0.5) is 5.82 Å². The van der Waals surface area contributed by atoms with Crippen molar-refractivity contribution in [2.45, 2.75) is 19.4 Å². The van der Waals surface area contributed by atoms with Crippen LogP contribution in [-0.4, -0.2) is 53.6 Å². The maximum absolute atomic E-state index is 5.34. The molecule has 0 amide bonds. The number of hydrogen-bond acceptors (Lipinski definition) is 7. The molecule has 1 atom stereocenters. The van der Waals surface area contributed by atoms with Crippen molar-refractivity contribution in [2.24, 2.45) is 5.92 Å². The Kier molecular flexibility index (Phi) is 6.51. The molecule has 0 aliphatic carbocycles. The van der Waals surface area contributed by atoms with Gasteiger partial charge >= 0.3 is 0 Å². The standard InChI is InChI=1S/C26H29N5OS/c1-30(14-19-5-3-11-27-13-19)15-20-6-4-12-31(16-20)25-24-23(17-33-26(24)29-18-28-25)21-7-9-22(32-2)10-8-21/h3,5,7-11,13,17-18,20H,4,6,12,14-16H2,1-2H3/t20-/m0/s1. The van der Waals surface area contributed by atoms with Gasteiger partial charge in [0.05, 0.1) is 12.5 Å². The third-order valence-electron chi connectivity index (χ3n) is 6.31. The van der Waals surface area contributed by atoms with Crippen LogP contribution >= 0.6 is 11.3 Å². The van der Waals surface area contributed by atoms with E-state index < -0.39 is 0 Å². The first-order chi connectivity index (χ1) is 16.2. The third-order valence-corrected chi connectivity index (χ3v) is 7.20. The number of fused-ring (bicyclic) bond motifs is 1. The minimum Gasteiger partial charge on any atom is -0.497 e. The molecule has 3 aromatic heterocycles. The van der Waals surface area contributed by atoms with Gasteiger partial charge in [-0.2, -0.15) is 0 Å². The summed E-state index contributed by atoms with van der Waals surface area (Å²) in [6.07, 6.45) is 7.92. The van der Waals surface area contributed by atoms with Gasteiger partial charge in [-0.25, -0.2) is 9.97 Å². The Bertz CT molecular complexity index is 1190. The summed E-state index contributed by atoms with van der Waals surface area (Å²) in [4.78, 5) is 19.5. The SMILES string of the molecule is COc1ccc(-c2csc3ncnc(N4CCC[C@@H](CN(C)Cc5cccnc5)C4)c23)cc1. The van der Waals surface area contributed by atoms with Gasteiger partial charge in [0.1, 0.15) is 22.7 Å². The summed E-state index contributed by atoms with van der Waals surface area (Å²) in [6.45, 7) is 4.04. The van der Waals surface area contributed by atoms with Gasteiger partial charge < -0.3 is 14.5 Å². The third kappa shape index (κ3) is 4.84. The second-order valence-corrected chi connectivity index (χ2v) is 9.63. The average molecular weight is 460 g/mol. The normalized spacial score (nSPS) is 16.5. The maximum Gasteiger partial charge on any atom is 0.141 e. The van der Waals surface area contributed by atoms with Crippen LogP contribution in [0.25, 0.3) is 21.3 Å². The molecule has 4 aromatic rings. The van der Waals surface area contributed by atoms with Gasteiger partial charge in [0.2, 0.25) is 0 Å². The molecule has 0 radical (unpaired) electrons. The molecule has 1 aliphatic rings. The van der Waals surface area contributed by atoms with Gasteiger partial charge in [-0.1, -0.05) is 18.2 Å². The summed E-state index contributed by atoms with van der Waals surface area (Å²) in [5, 5.41) is 3.37. The molecule has 1 saturated heterocycles. The van der Waals surface area contributed by atoms with Crippen molar-refractivity contribution in [3.63, 3.8) is 0 Å². The number of ether oxygens (including phenoxy) is 1. The van der Waals surface area contributed by atoms with E-state index in [1.54, 1.807) is 24.8 Å². The number of aromatic nitrogens is 3. The van der Waals surface area contributed by atoms with Gasteiger partial charge in [0.25, 0.3) is 0 Å². The number of anilines is 1. The topological polar surface area (TPSA) is 54.4 Å². The average Bonchev–Trinajstić information content (AvgIpc) is 3.29. The van der Waals surface area contributed by atoms with E-state index in [9.17, 15) is 0 Å². The fraction of sp³-hybridized carbons (Fsp3) is 0.346. The number of benzene rings is 1. The summed E-state index contributed by atoms with van der Waals surface area (Å²) >= 11 is 1.69. The Morgan fingerprint density at radius 3 is 2.85 bits per heavy atom. The first kappa shape index (κ1) is 21.8. The number of methoxy groups -OCH3 is 1. The Hall–Kier alpha value is -3.03. The van der Waals surface area contributed by atoms with Crippen LogP contribution in [0.2, 0.25) is 0 Å². The fourth-order valence-electron chi connectivity index (χ4n) is 4.80. The van der Waals surface area contributed by atoms with Crippen molar-refractivity contribution in [1.82, 2.24) is 19.9 Å². The second kappa shape index (κ2) is 9.85. The molecular formula is C26H29N5OS. The van der Waals surface area contributed by atoms with Crippen molar-refractivity contribution in [2.75, 3.05) is 38.7 Å². The molecule has 5 rings (SSSR count). The van der Waals surface area contributed by atoms with Gasteiger partial charge in [-0.3, -0.25) is 4.98 Å². The second-order valence-electron chi connectivity index (χ2n) is 8.77. The van der Waals surface area contributed by atoms with Gasteiger partial charge in [-0.15, -0.1) is 11.3 Å². The van der Waals surface area contributed by atoms with Crippen LogP contribution < -0.4 is 9.64 Å². The number of thiophene rings is 1. The molecule has 0 N–H and O–H groups in total. The molecule has 6 nitrogen and oxygen atoms in total. The van der Waals surface area contributed by atoms with Gasteiger partial charge in [0.15, 0.2) is 0 Å². The molecule has 33 heavy (non-hydrogen) atoms. The van der Waals surface area contributed by atoms with Crippen LogP contribution in [0.5, 0.6) is 5.75 Å². The zero-order valence-corrected chi connectivity index (χ0v) is 20.0. The number of nitrogens with zero attached hydrogens (tertiary/aromatic N) is 5. The Morgan fingerprint density at radius 2 is 2.06 bits per heavy atom. The molecule has 1 fully saturated rings. The summed E-state index contributed by atoms with van der Waals surface area (Å²) in [7, 11) is 3.90. The summed E-state index contributed by atoms with van der Waals surface area (Å²) < 4.78 is 5.34. The van der Waals surface area contributed by atoms with E-state index in [4.69, 9.17) is 9.72 Å². The van der Waals surface area contributed by atoms with E-state index in [1.807, 2.05) is 30.6 Å². The number of pyridine rings is 1. The first-order valence-corrected chi connectivity index (χ1v) is 12.3. The maximum atomic E-state index is 5.34. The highest BCUT2D eigenvalue weighted by Gasteiger charge is 2.25. The fourth-order valence-corrected chi connectivity index (χ4v) is 5.71. The lowest BCUT2D eigenvalue weighted by atomic mass is 9.96. The molecule has 0 spiro atoms. The van der Waals surface area contributed by atoms with E-state index >= 15 is 0 Å². The van der Waals surface area contributed by atoms with Crippen molar-refractivity contribution >= 4 is 27.4 Å². The highest BCUT2D eigenvalue weighted by atomic mass is 32.1. The van der Waals surface area contributed by atoms with Crippen molar-refractivity contribution in [3.8, 4) is 16.9 Å². The lowest BCUT2D eigenvalue weighted by Crippen LogP contribution is -2.40. The highest BCUT2D eigenvalue weighted by molar-refractivity contribution is 7.17. The first-order valence-electron chi connectivity index (χ1n) is 11.4. The van der Waals surface area contributed by atoms with Gasteiger partial charge in [-0.05, 0) is 55.1 Å². The summed E-state index contributed by atoms with van der Waals surface area (Å²) in [5.74, 6) is 2.53. The lowest BCUT2D eigenvalue weighted by molar-refractivity contribution is 0.247. The van der Waals surface area contributed by atoms with Crippen LogP contribution in [0, 0.1) is 5.92 Å². The number of hydrogen-bond donors (Lipinski definition) is 0. The zero-order valence-electron chi connectivity index (χ0n) is 19.1. The molecule has 7 heteroatoms. The molecule has 170 valence electrons. The predicted molar refractivity (Wildman–Crippen MR) is 135 cm³/mol. The largest absolute Gasteiger partial charge is 0.497 e. The Morgan fingerprint density at radius 1 is 1.18 bits per heavy atom. The van der Waals surface area contributed by atoms with E-state index in [-0.39, 0.29) is 0 Å². The van der Waals surface area contributed by atoms with Crippen LogP contribution in [0.1, 0.15) is 18.4 Å². The zero-order chi connectivity index (χ0) is 22.6. The molecular weight excluding hydrogens is 430 g/mol. The molecule has 1 aliphatic heterocycles.